The fraction of sp³-hybridized carbons (Fsp3) is 0.190. The van der Waals surface area contributed by atoms with E-state index in [-0.39, 0.29) is 11.5 Å². The van der Waals surface area contributed by atoms with Crippen LogP contribution in [0.1, 0.15) is 17.3 Å². The van der Waals surface area contributed by atoms with Crippen molar-refractivity contribution in [3.05, 3.63) is 70.8 Å². The number of carbonyl (C=O) groups is 1. The number of benzene rings is 2. The molecule has 7 nitrogen and oxygen atoms in total. The summed E-state index contributed by atoms with van der Waals surface area (Å²) >= 11 is 0. The summed E-state index contributed by atoms with van der Waals surface area (Å²) in [5, 5.41) is 3.43. The van der Waals surface area contributed by atoms with Gasteiger partial charge in [0.05, 0.1) is 29.5 Å². The average Bonchev–Trinajstić information content (AvgIpc) is 3.10. The van der Waals surface area contributed by atoms with Crippen LogP contribution < -0.4 is 15.7 Å². The fourth-order valence-corrected chi connectivity index (χ4v) is 3.16. The number of nitrogens with one attached hydrogen (secondary N) is 1. The summed E-state index contributed by atoms with van der Waals surface area (Å²) < 4.78 is 12.6. The highest BCUT2D eigenvalue weighted by molar-refractivity contribution is 6.05. The van der Waals surface area contributed by atoms with Crippen molar-refractivity contribution in [2.24, 2.45) is 0 Å². The minimum absolute atomic E-state index is 0.282. The molecule has 7 heteroatoms. The molecule has 0 saturated heterocycles. The zero-order valence-electron chi connectivity index (χ0n) is 15.3. The molecule has 2 heterocycles. The molecule has 28 heavy (non-hydrogen) atoms. The van der Waals surface area contributed by atoms with Crippen LogP contribution in [-0.4, -0.2) is 28.6 Å². The Kier molecular flexibility index (Phi) is 4.80. The van der Waals surface area contributed by atoms with Gasteiger partial charge >= 0.3 is 5.63 Å². The van der Waals surface area contributed by atoms with Gasteiger partial charge < -0.3 is 19.0 Å². The summed E-state index contributed by atoms with van der Waals surface area (Å²) in [6.07, 6.45) is 1.75. The summed E-state index contributed by atoms with van der Waals surface area (Å²) in [6, 6.07) is 14.1. The molecule has 142 valence electrons. The molecule has 0 unspecified atom stereocenters. The molecule has 0 spiro atoms. The molecule has 0 aliphatic carbocycles. The second-order valence-corrected chi connectivity index (χ2v) is 6.25. The van der Waals surface area contributed by atoms with Gasteiger partial charge in [0.2, 0.25) is 0 Å². The van der Waals surface area contributed by atoms with E-state index < -0.39 is 5.63 Å². The average molecular weight is 377 g/mol. The predicted octanol–water partition coefficient (Wildman–Crippen LogP) is 2.97. The lowest BCUT2D eigenvalue weighted by Crippen LogP contribution is -2.28. The first-order valence-electron chi connectivity index (χ1n) is 9.04. The van der Waals surface area contributed by atoms with E-state index in [1.54, 1.807) is 24.5 Å². The molecule has 4 aromatic rings. The molecule has 4 rings (SSSR count). The number of carbonyl (C=O) groups excluding carboxylic acids is 1. The molecule has 0 bridgehead atoms. The van der Waals surface area contributed by atoms with E-state index in [1.165, 1.54) is 6.07 Å². The topological polar surface area (TPSA) is 86.4 Å². The Morgan fingerprint density at radius 3 is 2.93 bits per heavy atom. The van der Waals surface area contributed by atoms with Crippen molar-refractivity contribution in [2.45, 2.75) is 13.5 Å². The van der Waals surface area contributed by atoms with Crippen LogP contribution in [0.5, 0.6) is 5.75 Å². The summed E-state index contributed by atoms with van der Waals surface area (Å²) in [7, 11) is 0. The van der Waals surface area contributed by atoms with E-state index in [9.17, 15) is 9.59 Å². The first-order chi connectivity index (χ1) is 13.7. The predicted molar refractivity (Wildman–Crippen MR) is 106 cm³/mol. The SMILES string of the molecule is CCOc1ccc2c(C(=O)NCCn3cnc4ccccc43)cc(=O)oc2c1. The Bertz CT molecular complexity index is 1210. The molecule has 2 aromatic heterocycles. The van der Waals surface area contributed by atoms with Crippen molar-refractivity contribution in [2.75, 3.05) is 13.2 Å². The Balaban J connectivity index is 1.53. The Morgan fingerprint density at radius 2 is 2.07 bits per heavy atom. The van der Waals surface area contributed by atoms with Crippen LogP contribution in [0.4, 0.5) is 0 Å². The molecular formula is C21H19N3O4. The largest absolute Gasteiger partial charge is 0.494 e. The van der Waals surface area contributed by atoms with Gasteiger partial charge in [0.1, 0.15) is 11.3 Å². The first-order valence-corrected chi connectivity index (χ1v) is 9.04. The van der Waals surface area contributed by atoms with Crippen molar-refractivity contribution in [1.82, 2.24) is 14.9 Å². The Hall–Kier alpha value is -3.61. The van der Waals surface area contributed by atoms with Crippen LogP contribution >= 0.6 is 0 Å². The third-order valence-electron chi connectivity index (χ3n) is 4.44. The highest BCUT2D eigenvalue weighted by Gasteiger charge is 2.14. The summed E-state index contributed by atoms with van der Waals surface area (Å²) in [5.41, 5.74) is 1.94. The van der Waals surface area contributed by atoms with Gasteiger partial charge in [-0.25, -0.2) is 9.78 Å². The van der Waals surface area contributed by atoms with Gasteiger partial charge in [-0.05, 0) is 31.2 Å². The number of nitrogens with zero attached hydrogens (tertiary/aromatic N) is 2. The van der Waals surface area contributed by atoms with E-state index >= 15 is 0 Å². The van der Waals surface area contributed by atoms with Crippen molar-refractivity contribution in [3.63, 3.8) is 0 Å². The summed E-state index contributed by atoms with van der Waals surface area (Å²) in [6.45, 7) is 3.34. The Labute approximate surface area is 160 Å². The van der Waals surface area contributed by atoms with Crippen LogP contribution in [-0.2, 0) is 6.54 Å². The van der Waals surface area contributed by atoms with Crippen molar-refractivity contribution < 1.29 is 13.9 Å². The lowest BCUT2D eigenvalue weighted by Gasteiger charge is -2.09. The summed E-state index contributed by atoms with van der Waals surface area (Å²) in [5.74, 6) is 0.258. The van der Waals surface area contributed by atoms with Crippen molar-refractivity contribution in [1.29, 1.82) is 0 Å². The van der Waals surface area contributed by atoms with Gasteiger partial charge in [0, 0.05) is 30.6 Å². The van der Waals surface area contributed by atoms with Crippen LogP contribution in [0, 0.1) is 0 Å². The minimum atomic E-state index is -0.577. The highest BCUT2D eigenvalue weighted by atomic mass is 16.5. The molecule has 0 aliphatic heterocycles. The maximum absolute atomic E-state index is 12.7. The molecule has 0 atom stereocenters. The third-order valence-corrected chi connectivity index (χ3v) is 4.44. The number of imidazole rings is 1. The molecule has 0 radical (unpaired) electrons. The van der Waals surface area contributed by atoms with E-state index in [0.717, 1.165) is 11.0 Å². The minimum Gasteiger partial charge on any atom is -0.494 e. The number of ether oxygens (including phenoxy) is 1. The zero-order chi connectivity index (χ0) is 19.5. The number of hydrogen-bond donors (Lipinski definition) is 1. The molecule has 0 fully saturated rings. The number of hydrogen-bond acceptors (Lipinski definition) is 5. The van der Waals surface area contributed by atoms with Crippen LogP contribution in [0.3, 0.4) is 0 Å². The van der Waals surface area contributed by atoms with Gasteiger partial charge in [-0.1, -0.05) is 12.1 Å². The molecule has 1 amide bonds. The molecule has 0 aliphatic rings. The van der Waals surface area contributed by atoms with Crippen molar-refractivity contribution in [3.8, 4) is 5.75 Å². The van der Waals surface area contributed by atoms with Gasteiger partial charge in [-0.3, -0.25) is 4.79 Å². The third kappa shape index (κ3) is 3.46. The van der Waals surface area contributed by atoms with Gasteiger partial charge in [-0.15, -0.1) is 0 Å². The number of rotatable bonds is 6. The fourth-order valence-electron chi connectivity index (χ4n) is 3.16. The number of amides is 1. The molecular weight excluding hydrogens is 358 g/mol. The van der Waals surface area contributed by atoms with E-state index in [2.05, 4.69) is 10.3 Å². The van der Waals surface area contributed by atoms with Gasteiger partial charge in [0.15, 0.2) is 0 Å². The first kappa shape index (κ1) is 17.8. The van der Waals surface area contributed by atoms with E-state index in [1.807, 2.05) is 35.8 Å². The smallest absolute Gasteiger partial charge is 0.337 e. The van der Waals surface area contributed by atoms with Gasteiger partial charge in [-0.2, -0.15) is 0 Å². The standard InChI is InChI=1S/C21H19N3O4/c1-2-27-14-7-8-15-16(12-20(25)28-19(15)11-14)21(26)22-9-10-24-13-23-17-5-3-4-6-18(17)24/h3-8,11-13H,2,9-10H2,1H3,(H,22,26). The monoisotopic (exact) mass is 377 g/mol. The highest BCUT2D eigenvalue weighted by Crippen LogP contribution is 2.22. The summed E-state index contributed by atoms with van der Waals surface area (Å²) in [4.78, 5) is 28.9. The number of aromatic nitrogens is 2. The maximum atomic E-state index is 12.7. The van der Waals surface area contributed by atoms with Crippen molar-refractivity contribution >= 4 is 27.9 Å². The molecule has 2 aromatic carbocycles. The number of para-hydroxylation sites is 2. The lowest BCUT2D eigenvalue weighted by molar-refractivity contribution is 0.0953. The quantitative estimate of drug-likeness (QED) is 0.522. The second kappa shape index (κ2) is 7.56. The molecule has 0 saturated carbocycles. The maximum Gasteiger partial charge on any atom is 0.337 e. The van der Waals surface area contributed by atoms with Crippen LogP contribution in [0.15, 0.2) is 64.1 Å². The van der Waals surface area contributed by atoms with Gasteiger partial charge in [0.25, 0.3) is 5.91 Å². The molecule has 1 N–H and O–H groups in total. The Morgan fingerprint density at radius 1 is 1.21 bits per heavy atom. The van der Waals surface area contributed by atoms with Crippen LogP contribution in [0.25, 0.3) is 22.0 Å². The lowest BCUT2D eigenvalue weighted by atomic mass is 10.1. The normalized spacial score (nSPS) is 11.0. The van der Waals surface area contributed by atoms with E-state index in [0.29, 0.717) is 36.4 Å². The second-order valence-electron chi connectivity index (χ2n) is 6.25. The number of fused-ring (bicyclic) bond motifs is 2. The van der Waals surface area contributed by atoms with E-state index in [4.69, 9.17) is 9.15 Å². The zero-order valence-corrected chi connectivity index (χ0v) is 15.3. The van der Waals surface area contributed by atoms with Crippen LogP contribution in [0.2, 0.25) is 0 Å².